The van der Waals surface area contributed by atoms with Crippen LogP contribution in [0.5, 0.6) is 0 Å². The molecule has 0 aliphatic heterocycles. The summed E-state index contributed by atoms with van der Waals surface area (Å²) >= 11 is 2.63. The van der Waals surface area contributed by atoms with Gasteiger partial charge < -0.3 is 10.6 Å². The fraction of sp³-hybridized carbons (Fsp3) is 0.250. The van der Waals surface area contributed by atoms with Crippen LogP contribution < -0.4 is 15.8 Å². The third-order valence-electron chi connectivity index (χ3n) is 4.41. The van der Waals surface area contributed by atoms with Gasteiger partial charge in [0.15, 0.2) is 4.34 Å². The van der Waals surface area contributed by atoms with E-state index in [9.17, 15) is 13.2 Å². The van der Waals surface area contributed by atoms with Crippen molar-refractivity contribution in [1.82, 2.24) is 10.2 Å². The number of nitrogens with two attached hydrogens (primary N) is 1. The van der Waals surface area contributed by atoms with Crippen LogP contribution in [0.3, 0.4) is 0 Å². The first-order valence-electron chi connectivity index (χ1n) is 9.57. The summed E-state index contributed by atoms with van der Waals surface area (Å²) in [4.78, 5) is 12.2. The van der Waals surface area contributed by atoms with E-state index >= 15 is 0 Å². The number of anilines is 3. The Balaban J connectivity index is 1.61. The monoisotopic (exact) mass is 477 g/mol. The summed E-state index contributed by atoms with van der Waals surface area (Å²) in [5.41, 5.74) is 3.85. The van der Waals surface area contributed by atoms with Crippen LogP contribution in [0.15, 0.2) is 51.7 Å². The Hall–Kier alpha value is -2.47. The first kappa shape index (κ1) is 23.2. The summed E-state index contributed by atoms with van der Waals surface area (Å²) in [5.74, 6) is -0.175. The predicted molar refractivity (Wildman–Crippen MR) is 126 cm³/mol. The van der Waals surface area contributed by atoms with Crippen LogP contribution in [0.2, 0.25) is 0 Å². The quantitative estimate of drug-likeness (QED) is 0.400. The van der Waals surface area contributed by atoms with E-state index in [1.165, 1.54) is 52.4 Å². The summed E-state index contributed by atoms with van der Waals surface area (Å²) in [6.07, 6.45) is 1.81. The smallest absolute Gasteiger partial charge is 0.238 e. The number of nitrogens with one attached hydrogen (secondary N) is 2. The predicted octanol–water partition coefficient (Wildman–Crippen LogP) is 3.78. The molecule has 164 valence electrons. The highest BCUT2D eigenvalue weighted by atomic mass is 32.2. The Bertz CT molecular complexity index is 1160. The SMILES string of the molecule is CCc1cccc(CC)c1Nc1nnc(SCC(=O)Nc2cccc(S(N)(=O)=O)c2)s1. The average Bonchev–Trinajstić information content (AvgIpc) is 3.19. The van der Waals surface area contributed by atoms with E-state index in [4.69, 9.17) is 5.14 Å². The Morgan fingerprint density at radius 2 is 1.77 bits per heavy atom. The average molecular weight is 478 g/mol. The molecule has 0 bridgehead atoms. The topological polar surface area (TPSA) is 127 Å². The third kappa shape index (κ3) is 6.26. The molecule has 11 heteroatoms. The maximum Gasteiger partial charge on any atom is 0.238 e. The highest BCUT2D eigenvalue weighted by Crippen LogP contribution is 2.31. The van der Waals surface area contributed by atoms with Gasteiger partial charge in [0.1, 0.15) is 0 Å². The molecule has 1 amide bonds. The lowest BCUT2D eigenvalue weighted by Gasteiger charge is -2.13. The molecule has 0 spiro atoms. The molecule has 0 aliphatic rings. The molecule has 0 saturated heterocycles. The van der Waals surface area contributed by atoms with Crippen molar-refractivity contribution in [2.45, 2.75) is 35.9 Å². The molecule has 0 fully saturated rings. The maximum atomic E-state index is 12.2. The summed E-state index contributed by atoms with van der Waals surface area (Å²) in [6, 6.07) is 12.0. The van der Waals surface area contributed by atoms with Gasteiger partial charge in [0, 0.05) is 11.4 Å². The number of carbonyl (C=O) groups excluding carboxylic acids is 1. The van der Waals surface area contributed by atoms with Crippen LogP contribution in [0, 0.1) is 0 Å². The van der Waals surface area contributed by atoms with Crippen molar-refractivity contribution < 1.29 is 13.2 Å². The lowest BCUT2D eigenvalue weighted by Crippen LogP contribution is -2.16. The standard InChI is InChI=1S/C20H23N5O3S3/c1-3-13-7-5-8-14(4-2)18(13)23-19-24-25-20(30-19)29-12-17(26)22-15-9-6-10-16(11-15)31(21,27)28/h5-11H,3-4,12H2,1-2H3,(H,22,26)(H,23,24)(H2,21,27,28). The van der Waals surface area contributed by atoms with Gasteiger partial charge >= 0.3 is 0 Å². The van der Waals surface area contributed by atoms with Crippen molar-refractivity contribution >= 4 is 55.5 Å². The summed E-state index contributed by atoms with van der Waals surface area (Å²) in [7, 11) is -3.83. The van der Waals surface area contributed by atoms with Crippen molar-refractivity contribution in [3.8, 4) is 0 Å². The van der Waals surface area contributed by atoms with Gasteiger partial charge in [-0.3, -0.25) is 4.79 Å². The van der Waals surface area contributed by atoms with Crippen molar-refractivity contribution in [2.24, 2.45) is 5.14 Å². The number of hydrogen-bond donors (Lipinski definition) is 3. The van der Waals surface area contributed by atoms with Crippen LogP contribution in [0.1, 0.15) is 25.0 Å². The number of amides is 1. The highest BCUT2D eigenvalue weighted by Gasteiger charge is 2.13. The number of nitrogens with zero attached hydrogens (tertiary/aromatic N) is 2. The first-order chi connectivity index (χ1) is 14.8. The number of benzene rings is 2. The summed E-state index contributed by atoms with van der Waals surface area (Å²) in [5, 5.41) is 20.2. The normalized spacial score (nSPS) is 11.3. The number of carbonyl (C=O) groups is 1. The van der Waals surface area contributed by atoms with E-state index in [0.29, 0.717) is 15.2 Å². The van der Waals surface area contributed by atoms with Crippen LogP contribution in [-0.2, 0) is 27.7 Å². The minimum Gasteiger partial charge on any atom is -0.330 e. The number of hydrogen-bond acceptors (Lipinski definition) is 8. The Morgan fingerprint density at radius 1 is 1.10 bits per heavy atom. The zero-order valence-electron chi connectivity index (χ0n) is 17.1. The Kier molecular flexibility index (Phi) is 7.65. The van der Waals surface area contributed by atoms with E-state index in [0.717, 1.165) is 18.5 Å². The van der Waals surface area contributed by atoms with Gasteiger partial charge in [-0.05, 0) is 42.2 Å². The zero-order chi connectivity index (χ0) is 22.4. The molecule has 0 radical (unpaired) electrons. The van der Waals surface area contributed by atoms with E-state index in [1.807, 2.05) is 0 Å². The molecule has 3 rings (SSSR count). The number of primary sulfonamides is 1. The molecule has 0 unspecified atom stereocenters. The molecule has 0 saturated carbocycles. The molecule has 8 nitrogen and oxygen atoms in total. The van der Waals surface area contributed by atoms with Gasteiger partial charge in [-0.1, -0.05) is 61.2 Å². The number of rotatable bonds is 9. The van der Waals surface area contributed by atoms with Gasteiger partial charge in [0.05, 0.1) is 10.6 Å². The lowest BCUT2D eigenvalue weighted by atomic mass is 10.0. The second-order valence-electron chi connectivity index (χ2n) is 6.57. The number of aromatic nitrogens is 2. The van der Waals surface area contributed by atoms with E-state index in [1.54, 1.807) is 6.07 Å². The van der Waals surface area contributed by atoms with Crippen molar-refractivity contribution in [1.29, 1.82) is 0 Å². The summed E-state index contributed by atoms with van der Waals surface area (Å²) in [6.45, 7) is 4.22. The third-order valence-corrected chi connectivity index (χ3v) is 7.29. The minimum absolute atomic E-state index is 0.0587. The van der Waals surface area contributed by atoms with E-state index in [-0.39, 0.29) is 16.6 Å². The lowest BCUT2D eigenvalue weighted by molar-refractivity contribution is -0.113. The molecule has 1 aromatic heterocycles. The molecule has 3 aromatic rings. The molecular weight excluding hydrogens is 454 g/mol. The molecule has 2 aromatic carbocycles. The number of para-hydroxylation sites is 1. The highest BCUT2D eigenvalue weighted by molar-refractivity contribution is 8.01. The van der Waals surface area contributed by atoms with Crippen molar-refractivity contribution in [2.75, 3.05) is 16.4 Å². The zero-order valence-corrected chi connectivity index (χ0v) is 19.5. The van der Waals surface area contributed by atoms with Gasteiger partial charge in [0.2, 0.25) is 21.1 Å². The number of aryl methyl sites for hydroxylation is 2. The molecule has 0 atom stereocenters. The fourth-order valence-corrected chi connectivity index (χ4v) is 5.02. The molecule has 1 heterocycles. The van der Waals surface area contributed by atoms with E-state index in [2.05, 4.69) is 52.9 Å². The van der Waals surface area contributed by atoms with Crippen molar-refractivity contribution in [3.05, 3.63) is 53.6 Å². The van der Waals surface area contributed by atoms with Crippen LogP contribution >= 0.6 is 23.1 Å². The fourth-order valence-electron chi connectivity index (χ4n) is 2.90. The number of thioether (sulfide) groups is 1. The van der Waals surface area contributed by atoms with Crippen LogP contribution in [0.4, 0.5) is 16.5 Å². The summed E-state index contributed by atoms with van der Waals surface area (Å²) < 4.78 is 23.5. The molecular formula is C20H23N5O3S3. The van der Waals surface area contributed by atoms with Gasteiger partial charge in [-0.25, -0.2) is 13.6 Å². The minimum atomic E-state index is -3.83. The Labute approximate surface area is 189 Å². The van der Waals surface area contributed by atoms with E-state index < -0.39 is 10.0 Å². The molecule has 31 heavy (non-hydrogen) atoms. The van der Waals surface area contributed by atoms with Gasteiger partial charge in [-0.15, -0.1) is 10.2 Å². The maximum absolute atomic E-state index is 12.2. The number of sulfonamides is 1. The van der Waals surface area contributed by atoms with Gasteiger partial charge in [0.25, 0.3) is 0 Å². The molecule has 4 N–H and O–H groups in total. The van der Waals surface area contributed by atoms with Gasteiger partial charge in [-0.2, -0.15) is 0 Å². The first-order valence-corrected chi connectivity index (χ1v) is 12.9. The van der Waals surface area contributed by atoms with Crippen LogP contribution in [0.25, 0.3) is 0 Å². The second-order valence-corrected chi connectivity index (χ2v) is 10.3. The van der Waals surface area contributed by atoms with Crippen molar-refractivity contribution in [3.63, 3.8) is 0 Å². The largest absolute Gasteiger partial charge is 0.330 e. The Morgan fingerprint density at radius 3 is 2.42 bits per heavy atom. The second kappa shape index (κ2) is 10.2. The van der Waals surface area contributed by atoms with Crippen LogP contribution in [-0.4, -0.2) is 30.3 Å². The molecule has 0 aliphatic carbocycles.